The Kier molecular flexibility index (Phi) is 4.13. The van der Waals surface area contributed by atoms with E-state index in [2.05, 4.69) is 21.7 Å². The highest BCUT2D eigenvalue weighted by Gasteiger charge is 2.11. The van der Waals surface area contributed by atoms with Crippen LogP contribution in [0.3, 0.4) is 0 Å². The van der Waals surface area contributed by atoms with Crippen LogP contribution in [0.15, 0.2) is 18.3 Å². The molecule has 0 saturated carbocycles. The molecule has 1 saturated heterocycles. The molecule has 0 amide bonds. The lowest BCUT2D eigenvalue weighted by molar-refractivity contribution is 0.384. The molecule has 2 heterocycles. The molecule has 4 heteroatoms. The average molecular weight is 221 g/mol. The zero-order chi connectivity index (χ0) is 11.2. The van der Waals surface area contributed by atoms with Gasteiger partial charge in [-0.2, -0.15) is 0 Å². The van der Waals surface area contributed by atoms with Gasteiger partial charge in [0.15, 0.2) is 0 Å². The Hall–Kier alpha value is -1.13. The van der Waals surface area contributed by atoms with Gasteiger partial charge >= 0.3 is 0 Å². The zero-order valence-electron chi connectivity index (χ0n) is 9.70. The summed E-state index contributed by atoms with van der Waals surface area (Å²) < 4.78 is 5.02. The molecule has 1 fully saturated rings. The minimum atomic E-state index is 0.642. The van der Waals surface area contributed by atoms with Gasteiger partial charge in [0.25, 0.3) is 0 Å². The highest BCUT2D eigenvalue weighted by molar-refractivity contribution is 5.17. The summed E-state index contributed by atoms with van der Waals surface area (Å²) in [6, 6.07) is 4.60. The number of hydrogen-bond acceptors (Lipinski definition) is 4. The quantitative estimate of drug-likeness (QED) is 0.794. The summed E-state index contributed by atoms with van der Waals surface area (Å²) in [6.07, 6.45) is 4.29. The summed E-state index contributed by atoms with van der Waals surface area (Å²) in [5.74, 6) is 0.672. The van der Waals surface area contributed by atoms with Gasteiger partial charge in [-0.1, -0.05) is 6.07 Å². The van der Waals surface area contributed by atoms with Gasteiger partial charge in [0.05, 0.1) is 7.11 Å². The molecule has 4 nitrogen and oxygen atoms in total. The normalized spacial score (nSPS) is 17.3. The Labute approximate surface area is 96.4 Å². The van der Waals surface area contributed by atoms with E-state index in [0.29, 0.717) is 11.9 Å². The molecule has 0 aliphatic carbocycles. The zero-order valence-corrected chi connectivity index (χ0v) is 9.70. The Balaban J connectivity index is 1.79. The van der Waals surface area contributed by atoms with Gasteiger partial charge in [-0.3, -0.25) is 0 Å². The molecule has 88 valence electrons. The first-order chi connectivity index (χ1) is 7.88. The highest BCUT2D eigenvalue weighted by atomic mass is 16.5. The van der Waals surface area contributed by atoms with Crippen LogP contribution in [0.5, 0.6) is 5.88 Å². The van der Waals surface area contributed by atoms with Gasteiger partial charge in [0.2, 0.25) is 5.88 Å². The predicted molar refractivity (Wildman–Crippen MR) is 63.5 cm³/mol. The Morgan fingerprint density at radius 1 is 1.44 bits per heavy atom. The fraction of sp³-hybridized carbons (Fsp3) is 0.583. The number of methoxy groups -OCH3 is 1. The SMILES string of the molecule is COc1ccc(CNC2CCNCC2)cn1. The molecule has 0 bridgehead atoms. The molecular formula is C12H19N3O. The van der Waals surface area contributed by atoms with Crippen molar-refractivity contribution in [2.75, 3.05) is 20.2 Å². The first-order valence-corrected chi connectivity index (χ1v) is 5.81. The van der Waals surface area contributed by atoms with Crippen LogP contribution in [-0.4, -0.2) is 31.2 Å². The van der Waals surface area contributed by atoms with Gasteiger partial charge in [0.1, 0.15) is 0 Å². The van der Waals surface area contributed by atoms with Crippen LogP contribution in [0.2, 0.25) is 0 Å². The van der Waals surface area contributed by atoms with E-state index in [-0.39, 0.29) is 0 Å². The number of hydrogen-bond donors (Lipinski definition) is 2. The molecule has 1 aliphatic heterocycles. The number of pyridine rings is 1. The van der Waals surface area contributed by atoms with Crippen LogP contribution in [0.25, 0.3) is 0 Å². The summed E-state index contributed by atoms with van der Waals surface area (Å²) in [5.41, 5.74) is 1.21. The smallest absolute Gasteiger partial charge is 0.212 e. The van der Waals surface area contributed by atoms with Crippen molar-refractivity contribution in [2.24, 2.45) is 0 Å². The van der Waals surface area contributed by atoms with Gasteiger partial charge in [-0.15, -0.1) is 0 Å². The van der Waals surface area contributed by atoms with Crippen LogP contribution in [-0.2, 0) is 6.54 Å². The minimum absolute atomic E-state index is 0.642. The third kappa shape index (κ3) is 3.18. The summed E-state index contributed by atoms with van der Waals surface area (Å²) >= 11 is 0. The number of ether oxygens (including phenoxy) is 1. The topological polar surface area (TPSA) is 46.2 Å². The van der Waals surface area contributed by atoms with E-state index in [4.69, 9.17) is 4.74 Å². The summed E-state index contributed by atoms with van der Waals surface area (Å²) in [6.45, 7) is 3.14. The lowest BCUT2D eigenvalue weighted by Crippen LogP contribution is -2.39. The summed E-state index contributed by atoms with van der Waals surface area (Å²) in [5, 5.41) is 6.91. The number of nitrogens with zero attached hydrogens (tertiary/aromatic N) is 1. The predicted octanol–water partition coefficient (Wildman–Crippen LogP) is 0.932. The lowest BCUT2D eigenvalue weighted by Gasteiger charge is -2.23. The average Bonchev–Trinajstić information content (AvgIpc) is 2.38. The Morgan fingerprint density at radius 2 is 2.25 bits per heavy atom. The van der Waals surface area contributed by atoms with E-state index in [1.807, 2.05) is 12.3 Å². The van der Waals surface area contributed by atoms with Gasteiger partial charge < -0.3 is 15.4 Å². The van der Waals surface area contributed by atoms with Crippen molar-refractivity contribution in [3.05, 3.63) is 23.9 Å². The monoisotopic (exact) mass is 221 g/mol. The molecule has 0 unspecified atom stereocenters. The minimum Gasteiger partial charge on any atom is -0.481 e. The fourth-order valence-electron chi connectivity index (χ4n) is 1.92. The van der Waals surface area contributed by atoms with Crippen molar-refractivity contribution in [1.29, 1.82) is 0 Å². The Morgan fingerprint density at radius 3 is 2.88 bits per heavy atom. The first kappa shape index (κ1) is 11.4. The molecule has 1 aromatic heterocycles. The maximum Gasteiger partial charge on any atom is 0.212 e. The molecule has 0 atom stereocenters. The van der Waals surface area contributed by atoms with E-state index in [1.54, 1.807) is 7.11 Å². The van der Waals surface area contributed by atoms with Crippen molar-refractivity contribution in [3.8, 4) is 5.88 Å². The second kappa shape index (κ2) is 5.82. The van der Waals surface area contributed by atoms with Crippen molar-refractivity contribution < 1.29 is 4.74 Å². The lowest BCUT2D eigenvalue weighted by atomic mass is 10.1. The van der Waals surface area contributed by atoms with E-state index in [0.717, 1.165) is 19.6 Å². The van der Waals surface area contributed by atoms with E-state index in [1.165, 1.54) is 18.4 Å². The molecule has 0 spiro atoms. The summed E-state index contributed by atoms with van der Waals surface area (Å²) in [4.78, 5) is 4.19. The van der Waals surface area contributed by atoms with E-state index in [9.17, 15) is 0 Å². The van der Waals surface area contributed by atoms with Crippen molar-refractivity contribution in [3.63, 3.8) is 0 Å². The maximum absolute atomic E-state index is 5.02. The second-order valence-electron chi connectivity index (χ2n) is 4.11. The van der Waals surface area contributed by atoms with Crippen LogP contribution < -0.4 is 15.4 Å². The van der Waals surface area contributed by atoms with E-state index >= 15 is 0 Å². The highest BCUT2D eigenvalue weighted by Crippen LogP contribution is 2.08. The van der Waals surface area contributed by atoms with Crippen LogP contribution in [0.1, 0.15) is 18.4 Å². The number of aromatic nitrogens is 1. The van der Waals surface area contributed by atoms with Gasteiger partial charge in [-0.05, 0) is 31.5 Å². The molecule has 2 rings (SSSR count). The second-order valence-corrected chi connectivity index (χ2v) is 4.11. The number of nitrogens with one attached hydrogen (secondary N) is 2. The maximum atomic E-state index is 5.02. The van der Waals surface area contributed by atoms with Crippen LogP contribution in [0.4, 0.5) is 0 Å². The molecule has 2 N–H and O–H groups in total. The van der Waals surface area contributed by atoms with Crippen LogP contribution >= 0.6 is 0 Å². The molecule has 1 aliphatic rings. The van der Waals surface area contributed by atoms with Crippen LogP contribution in [0, 0.1) is 0 Å². The van der Waals surface area contributed by atoms with Crippen molar-refractivity contribution in [2.45, 2.75) is 25.4 Å². The largest absolute Gasteiger partial charge is 0.481 e. The molecule has 0 aromatic carbocycles. The van der Waals surface area contributed by atoms with Crippen molar-refractivity contribution >= 4 is 0 Å². The Bertz CT molecular complexity index is 307. The number of piperidine rings is 1. The first-order valence-electron chi connectivity index (χ1n) is 5.81. The van der Waals surface area contributed by atoms with E-state index < -0.39 is 0 Å². The third-order valence-corrected chi connectivity index (χ3v) is 2.94. The molecule has 16 heavy (non-hydrogen) atoms. The fourth-order valence-corrected chi connectivity index (χ4v) is 1.92. The summed E-state index contributed by atoms with van der Waals surface area (Å²) in [7, 11) is 1.63. The van der Waals surface area contributed by atoms with Crippen molar-refractivity contribution in [1.82, 2.24) is 15.6 Å². The third-order valence-electron chi connectivity index (χ3n) is 2.94. The van der Waals surface area contributed by atoms with Gasteiger partial charge in [0, 0.05) is 24.8 Å². The molecule has 1 aromatic rings. The molecular weight excluding hydrogens is 202 g/mol. The standard InChI is InChI=1S/C12H19N3O/c1-16-12-3-2-10(9-15-12)8-14-11-4-6-13-7-5-11/h2-3,9,11,13-14H,4-8H2,1H3. The molecule has 0 radical (unpaired) electrons. The number of rotatable bonds is 4. The van der Waals surface area contributed by atoms with Gasteiger partial charge in [-0.25, -0.2) is 4.98 Å².